The Balaban J connectivity index is 2.31. The minimum Gasteiger partial charge on any atom is -0.382 e. The van der Waals surface area contributed by atoms with Crippen LogP contribution >= 0.6 is 0 Å². The fourth-order valence-corrected chi connectivity index (χ4v) is 2.19. The summed E-state index contributed by atoms with van der Waals surface area (Å²) >= 11 is 0. The van der Waals surface area contributed by atoms with Crippen molar-refractivity contribution in [2.24, 2.45) is 17.6 Å². The van der Waals surface area contributed by atoms with Crippen molar-refractivity contribution >= 4 is 11.5 Å². The van der Waals surface area contributed by atoms with Gasteiger partial charge in [0.15, 0.2) is 0 Å². The third kappa shape index (κ3) is 1.87. The zero-order chi connectivity index (χ0) is 11.7. The van der Waals surface area contributed by atoms with Gasteiger partial charge in [0.05, 0.1) is 5.69 Å². The molecule has 4 nitrogen and oxygen atoms in total. The van der Waals surface area contributed by atoms with E-state index in [9.17, 15) is 0 Å². The predicted molar refractivity (Wildman–Crippen MR) is 65.8 cm³/mol. The summed E-state index contributed by atoms with van der Waals surface area (Å²) < 4.78 is 0. The van der Waals surface area contributed by atoms with Crippen LogP contribution in [-0.2, 0) is 0 Å². The number of anilines is 1. The number of pyridine rings is 1. The van der Waals surface area contributed by atoms with Gasteiger partial charge in [-0.25, -0.2) is 0 Å². The first-order valence-corrected chi connectivity index (χ1v) is 5.64. The molecule has 0 saturated carbocycles. The Labute approximate surface area is 96.0 Å². The summed E-state index contributed by atoms with van der Waals surface area (Å²) in [6.07, 6.45) is 1.68. The van der Waals surface area contributed by atoms with Gasteiger partial charge in [0.25, 0.3) is 0 Å². The van der Waals surface area contributed by atoms with Crippen molar-refractivity contribution in [2.45, 2.75) is 13.8 Å². The van der Waals surface area contributed by atoms with Gasteiger partial charge in [-0.15, -0.1) is 0 Å². The first-order valence-electron chi connectivity index (χ1n) is 5.64. The highest BCUT2D eigenvalue weighted by molar-refractivity contribution is 5.98. The van der Waals surface area contributed by atoms with E-state index in [1.54, 1.807) is 6.20 Å². The molecule has 1 fully saturated rings. The van der Waals surface area contributed by atoms with E-state index in [2.05, 4.69) is 23.7 Å². The maximum atomic E-state index is 7.53. The molecule has 3 N–H and O–H groups in total. The van der Waals surface area contributed by atoms with Crippen LogP contribution in [0.1, 0.15) is 19.5 Å². The fourth-order valence-electron chi connectivity index (χ4n) is 2.19. The lowest BCUT2D eigenvalue weighted by Gasteiger charge is -2.20. The van der Waals surface area contributed by atoms with Crippen molar-refractivity contribution < 1.29 is 0 Å². The van der Waals surface area contributed by atoms with E-state index in [1.165, 1.54) is 0 Å². The predicted octanol–water partition coefficient (Wildman–Crippen LogP) is 1.46. The highest BCUT2D eigenvalue weighted by atomic mass is 15.2. The van der Waals surface area contributed by atoms with Crippen molar-refractivity contribution in [3.8, 4) is 0 Å². The van der Waals surface area contributed by atoms with E-state index in [1.807, 2.05) is 12.1 Å². The van der Waals surface area contributed by atoms with Crippen LogP contribution in [0.2, 0.25) is 0 Å². The first-order chi connectivity index (χ1) is 7.59. The van der Waals surface area contributed by atoms with E-state index in [-0.39, 0.29) is 5.84 Å². The monoisotopic (exact) mass is 218 g/mol. The molecule has 0 aliphatic carbocycles. The van der Waals surface area contributed by atoms with Crippen LogP contribution in [0.3, 0.4) is 0 Å². The normalized spacial score (nSPS) is 24.8. The molecule has 2 heterocycles. The number of aromatic nitrogens is 1. The summed E-state index contributed by atoms with van der Waals surface area (Å²) in [5.74, 6) is 1.41. The molecule has 16 heavy (non-hydrogen) atoms. The number of hydrogen-bond donors (Lipinski definition) is 2. The SMILES string of the molecule is CC1CN(c2cccnc2C(=N)N)CC1C. The second-order valence-corrected chi connectivity index (χ2v) is 4.64. The molecule has 1 aliphatic rings. The summed E-state index contributed by atoms with van der Waals surface area (Å²) in [6.45, 7) is 6.56. The average Bonchev–Trinajstić information content (AvgIpc) is 2.59. The quantitative estimate of drug-likeness (QED) is 0.583. The van der Waals surface area contributed by atoms with E-state index >= 15 is 0 Å². The molecule has 2 unspecified atom stereocenters. The standard InChI is InChI=1S/C12H18N4/c1-8-6-16(7-9(8)2)10-4-3-5-15-11(10)12(13)14/h3-5,8-9H,6-7H2,1-2H3,(H3,13,14). The Bertz CT molecular complexity index is 392. The average molecular weight is 218 g/mol. The molecule has 2 rings (SSSR count). The van der Waals surface area contributed by atoms with Gasteiger partial charge in [0.1, 0.15) is 11.5 Å². The molecule has 4 heteroatoms. The third-order valence-electron chi connectivity index (χ3n) is 3.37. The van der Waals surface area contributed by atoms with Crippen LogP contribution in [0, 0.1) is 17.2 Å². The molecule has 86 valence electrons. The third-order valence-corrected chi connectivity index (χ3v) is 3.37. The minimum absolute atomic E-state index is 0.0443. The van der Waals surface area contributed by atoms with E-state index in [0.717, 1.165) is 18.8 Å². The van der Waals surface area contributed by atoms with Crippen LogP contribution in [0.25, 0.3) is 0 Å². The molecule has 1 aromatic rings. The van der Waals surface area contributed by atoms with Crippen LogP contribution in [0.4, 0.5) is 5.69 Å². The molecule has 1 aliphatic heterocycles. The van der Waals surface area contributed by atoms with Crippen molar-refractivity contribution in [3.63, 3.8) is 0 Å². The summed E-state index contributed by atoms with van der Waals surface area (Å²) in [4.78, 5) is 6.46. The van der Waals surface area contributed by atoms with Crippen molar-refractivity contribution in [1.29, 1.82) is 5.41 Å². The maximum Gasteiger partial charge on any atom is 0.143 e. The highest BCUT2D eigenvalue weighted by Crippen LogP contribution is 2.28. The summed E-state index contributed by atoms with van der Waals surface area (Å²) in [7, 11) is 0. The smallest absolute Gasteiger partial charge is 0.143 e. The molecule has 0 amide bonds. The minimum atomic E-state index is 0.0443. The number of nitrogens with one attached hydrogen (secondary N) is 1. The van der Waals surface area contributed by atoms with Crippen LogP contribution < -0.4 is 10.6 Å². The summed E-state index contributed by atoms with van der Waals surface area (Å²) in [6, 6.07) is 3.89. The number of amidine groups is 1. The van der Waals surface area contributed by atoms with Crippen molar-refractivity contribution in [2.75, 3.05) is 18.0 Å². The maximum absolute atomic E-state index is 7.53. The molecule has 0 spiro atoms. The van der Waals surface area contributed by atoms with Crippen LogP contribution in [0.15, 0.2) is 18.3 Å². The molecule has 0 radical (unpaired) electrons. The Morgan fingerprint density at radius 1 is 1.44 bits per heavy atom. The van der Waals surface area contributed by atoms with Gasteiger partial charge < -0.3 is 10.6 Å². The van der Waals surface area contributed by atoms with Gasteiger partial charge in [0, 0.05) is 19.3 Å². The van der Waals surface area contributed by atoms with Gasteiger partial charge in [-0.05, 0) is 24.0 Å². The lowest BCUT2D eigenvalue weighted by Crippen LogP contribution is -2.25. The van der Waals surface area contributed by atoms with Gasteiger partial charge in [-0.3, -0.25) is 10.4 Å². The Morgan fingerprint density at radius 3 is 2.62 bits per heavy atom. The number of nitrogens with two attached hydrogens (primary N) is 1. The Hall–Kier alpha value is -1.58. The van der Waals surface area contributed by atoms with E-state index < -0.39 is 0 Å². The second-order valence-electron chi connectivity index (χ2n) is 4.64. The summed E-state index contributed by atoms with van der Waals surface area (Å²) in [5.41, 5.74) is 7.14. The molecule has 1 aromatic heterocycles. The van der Waals surface area contributed by atoms with E-state index in [4.69, 9.17) is 11.1 Å². The number of rotatable bonds is 2. The molecular weight excluding hydrogens is 200 g/mol. The topological polar surface area (TPSA) is 66.0 Å². The van der Waals surface area contributed by atoms with Crippen LogP contribution in [0.5, 0.6) is 0 Å². The molecular formula is C12H18N4. The molecule has 1 saturated heterocycles. The fraction of sp³-hybridized carbons (Fsp3) is 0.500. The Kier molecular flexibility index (Phi) is 2.81. The van der Waals surface area contributed by atoms with Crippen molar-refractivity contribution in [1.82, 2.24) is 4.98 Å². The number of nitrogen functional groups attached to an aromatic ring is 1. The Morgan fingerprint density at radius 2 is 2.06 bits per heavy atom. The lowest BCUT2D eigenvalue weighted by molar-refractivity contribution is 0.494. The zero-order valence-corrected chi connectivity index (χ0v) is 9.77. The van der Waals surface area contributed by atoms with Crippen molar-refractivity contribution in [3.05, 3.63) is 24.0 Å². The number of hydrogen-bond acceptors (Lipinski definition) is 3. The number of nitrogens with zero attached hydrogens (tertiary/aromatic N) is 2. The van der Waals surface area contributed by atoms with E-state index in [0.29, 0.717) is 17.5 Å². The molecule has 2 atom stereocenters. The first kappa shape index (κ1) is 10.9. The largest absolute Gasteiger partial charge is 0.382 e. The molecule has 0 bridgehead atoms. The zero-order valence-electron chi connectivity index (χ0n) is 9.77. The van der Waals surface area contributed by atoms with Crippen LogP contribution in [-0.4, -0.2) is 23.9 Å². The molecule has 0 aromatic carbocycles. The second kappa shape index (κ2) is 4.12. The van der Waals surface area contributed by atoms with Gasteiger partial charge in [-0.2, -0.15) is 0 Å². The summed E-state index contributed by atoms with van der Waals surface area (Å²) in [5, 5.41) is 7.53. The highest BCUT2D eigenvalue weighted by Gasteiger charge is 2.27. The lowest BCUT2D eigenvalue weighted by atomic mass is 10.0. The van der Waals surface area contributed by atoms with Gasteiger partial charge in [-0.1, -0.05) is 13.8 Å². The van der Waals surface area contributed by atoms with Gasteiger partial charge in [0.2, 0.25) is 0 Å². The van der Waals surface area contributed by atoms with Gasteiger partial charge >= 0.3 is 0 Å².